The van der Waals surface area contributed by atoms with Crippen molar-refractivity contribution in [2.45, 2.75) is 0 Å². The second kappa shape index (κ2) is 11.7. The van der Waals surface area contributed by atoms with Crippen LogP contribution in [0.25, 0.3) is 88.3 Å². The van der Waals surface area contributed by atoms with Gasteiger partial charge < -0.3 is 0 Å². The van der Waals surface area contributed by atoms with E-state index in [1.54, 1.807) is 24.8 Å². The van der Waals surface area contributed by atoms with Crippen LogP contribution in [0.15, 0.2) is 171 Å². The molecule has 4 aromatic heterocycles. The number of rotatable bonds is 5. The fraction of sp³-hybridized carbons (Fsp3) is 0. The van der Waals surface area contributed by atoms with Gasteiger partial charge in [-0.1, -0.05) is 91.0 Å². The zero-order valence-corrected chi connectivity index (χ0v) is 26.0. The largest absolute Gasteiger partial charge is 0.265 e. The molecule has 0 aliphatic heterocycles. The van der Waals surface area contributed by atoms with E-state index in [1.807, 2.05) is 36.5 Å². The highest BCUT2D eigenvalue weighted by molar-refractivity contribution is 6.16. The summed E-state index contributed by atoms with van der Waals surface area (Å²) in [6.07, 6.45) is 9.10. The zero-order chi connectivity index (χ0) is 31.9. The molecule has 0 atom stereocenters. The van der Waals surface area contributed by atoms with E-state index in [0.717, 1.165) is 44.5 Å². The second-order valence-electron chi connectivity index (χ2n) is 11.9. The minimum Gasteiger partial charge on any atom is -0.265 e. The molecule has 0 unspecified atom stereocenters. The van der Waals surface area contributed by atoms with E-state index in [-0.39, 0.29) is 0 Å². The molecular weight excluding hydrogens is 585 g/mol. The van der Waals surface area contributed by atoms with E-state index in [4.69, 9.17) is 9.97 Å². The Balaban J connectivity index is 1.15. The average molecular weight is 613 g/mol. The highest BCUT2D eigenvalue weighted by atomic mass is 14.7. The third-order valence-corrected chi connectivity index (χ3v) is 9.13. The summed E-state index contributed by atoms with van der Waals surface area (Å²) in [5.74, 6) is 0. The fourth-order valence-electron chi connectivity index (χ4n) is 6.81. The Morgan fingerprint density at radius 2 is 0.875 bits per heavy atom. The van der Waals surface area contributed by atoms with Gasteiger partial charge in [0.1, 0.15) is 0 Å². The van der Waals surface area contributed by atoms with Crippen LogP contribution in [0.4, 0.5) is 0 Å². The summed E-state index contributed by atoms with van der Waals surface area (Å²) in [7, 11) is 0. The van der Waals surface area contributed by atoms with Crippen LogP contribution >= 0.6 is 0 Å². The molecule has 0 spiro atoms. The van der Waals surface area contributed by atoms with Gasteiger partial charge in [-0.2, -0.15) is 0 Å². The summed E-state index contributed by atoms with van der Waals surface area (Å²) in [5.41, 5.74) is 12.0. The Kier molecular flexibility index (Phi) is 6.76. The van der Waals surface area contributed by atoms with Crippen molar-refractivity contribution in [2.24, 2.45) is 0 Å². The molecular formula is C44H28N4. The van der Waals surface area contributed by atoms with E-state index in [0.29, 0.717) is 0 Å². The molecule has 0 N–H and O–H groups in total. The van der Waals surface area contributed by atoms with Crippen molar-refractivity contribution in [3.63, 3.8) is 0 Å². The summed E-state index contributed by atoms with van der Waals surface area (Å²) in [6.45, 7) is 0. The summed E-state index contributed by atoms with van der Waals surface area (Å²) in [6, 6.07) is 49.5. The lowest BCUT2D eigenvalue weighted by Crippen LogP contribution is -1.92. The predicted molar refractivity (Wildman–Crippen MR) is 197 cm³/mol. The standard InChI is InChI=1S/C44H28N4/c1-2-8-37-36(7-1)35(15-16-39(37)41-26-33-6-5-21-47-44(33)40-10-4-3-9-38(40)41)30-13-11-29(12-14-30)34-27-42(31-17-22-45-23-18-31)48-43(28-34)32-19-24-46-25-20-32/h1-28H. The molecule has 0 radical (unpaired) electrons. The van der Waals surface area contributed by atoms with E-state index < -0.39 is 0 Å². The molecule has 9 aromatic rings. The quantitative estimate of drug-likeness (QED) is 0.181. The summed E-state index contributed by atoms with van der Waals surface area (Å²) in [4.78, 5) is 18.1. The number of benzene rings is 5. The van der Waals surface area contributed by atoms with Gasteiger partial charge in [-0.15, -0.1) is 0 Å². The molecule has 0 amide bonds. The van der Waals surface area contributed by atoms with Crippen molar-refractivity contribution < 1.29 is 0 Å². The van der Waals surface area contributed by atoms with Crippen LogP contribution in [-0.4, -0.2) is 19.9 Å². The van der Waals surface area contributed by atoms with Crippen molar-refractivity contribution in [3.8, 4) is 55.9 Å². The van der Waals surface area contributed by atoms with Crippen molar-refractivity contribution >= 4 is 32.4 Å². The lowest BCUT2D eigenvalue weighted by molar-refractivity contribution is 1.27. The van der Waals surface area contributed by atoms with E-state index in [2.05, 4.69) is 119 Å². The molecule has 5 aromatic carbocycles. The monoisotopic (exact) mass is 612 g/mol. The highest BCUT2D eigenvalue weighted by Gasteiger charge is 2.15. The molecule has 0 bridgehead atoms. The first-order valence-electron chi connectivity index (χ1n) is 16.0. The Bertz CT molecular complexity index is 2540. The van der Waals surface area contributed by atoms with Crippen LogP contribution in [-0.2, 0) is 0 Å². The van der Waals surface area contributed by atoms with Crippen molar-refractivity contribution in [3.05, 3.63) is 171 Å². The van der Waals surface area contributed by atoms with Gasteiger partial charge in [0.25, 0.3) is 0 Å². The fourth-order valence-corrected chi connectivity index (χ4v) is 6.81. The van der Waals surface area contributed by atoms with E-state index in [1.165, 1.54) is 43.8 Å². The van der Waals surface area contributed by atoms with Gasteiger partial charge in [0, 0.05) is 52.9 Å². The van der Waals surface area contributed by atoms with Gasteiger partial charge in [0.15, 0.2) is 0 Å². The maximum Gasteiger partial charge on any atom is 0.0780 e. The normalized spacial score (nSPS) is 11.3. The van der Waals surface area contributed by atoms with E-state index >= 15 is 0 Å². The number of nitrogens with zero attached hydrogens (tertiary/aromatic N) is 4. The zero-order valence-electron chi connectivity index (χ0n) is 26.0. The third kappa shape index (κ3) is 4.88. The Morgan fingerprint density at radius 1 is 0.333 bits per heavy atom. The SMILES string of the molecule is c1cnc2c(c1)cc(-c1ccc(-c3ccc(-c4cc(-c5ccncc5)nc(-c5ccncc5)c4)cc3)c3ccccc13)c1ccccc12. The number of hydrogen-bond donors (Lipinski definition) is 0. The number of pyridine rings is 4. The first-order valence-corrected chi connectivity index (χ1v) is 16.0. The Labute approximate surface area is 278 Å². The first kappa shape index (κ1) is 27.8. The maximum absolute atomic E-state index is 5.01. The average Bonchev–Trinajstić information content (AvgIpc) is 3.18. The van der Waals surface area contributed by atoms with Crippen LogP contribution in [0, 0.1) is 0 Å². The Morgan fingerprint density at radius 3 is 1.52 bits per heavy atom. The molecule has 0 fully saturated rings. The van der Waals surface area contributed by atoms with Gasteiger partial charge in [-0.25, -0.2) is 4.98 Å². The lowest BCUT2D eigenvalue weighted by atomic mass is 9.89. The van der Waals surface area contributed by atoms with Gasteiger partial charge >= 0.3 is 0 Å². The number of aromatic nitrogens is 4. The van der Waals surface area contributed by atoms with Gasteiger partial charge in [-0.3, -0.25) is 15.0 Å². The topological polar surface area (TPSA) is 51.6 Å². The van der Waals surface area contributed by atoms with E-state index in [9.17, 15) is 0 Å². The maximum atomic E-state index is 5.01. The molecule has 0 aliphatic carbocycles. The lowest BCUT2D eigenvalue weighted by Gasteiger charge is -2.15. The molecule has 0 aliphatic rings. The van der Waals surface area contributed by atoms with Gasteiger partial charge in [0.05, 0.1) is 16.9 Å². The molecule has 4 nitrogen and oxygen atoms in total. The number of hydrogen-bond acceptors (Lipinski definition) is 4. The third-order valence-electron chi connectivity index (χ3n) is 9.13. The molecule has 224 valence electrons. The molecule has 0 saturated carbocycles. The summed E-state index contributed by atoms with van der Waals surface area (Å²) >= 11 is 0. The summed E-state index contributed by atoms with van der Waals surface area (Å²) in [5, 5.41) is 5.98. The van der Waals surface area contributed by atoms with Crippen molar-refractivity contribution in [2.75, 3.05) is 0 Å². The number of fused-ring (bicyclic) bond motifs is 4. The van der Waals surface area contributed by atoms with Crippen LogP contribution in [0.3, 0.4) is 0 Å². The summed E-state index contributed by atoms with van der Waals surface area (Å²) < 4.78 is 0. The van der Waals surface area contributed by atoms with Gasteiger partial charge in [-0.05, 0) is 98.1 Å². The molecule has 4 heteroatoms. The minimum atomic E-state index is 0.907. The van der Waals surface area contributed by atoms with Crippen molar-refractivity contribution in [1.29, 1.82) is 0 Å². The first-order chi connectivity index (χ1) is 23.8. The van der Waals surface area contributed by atoms with Crippen LogP contribution in [0.2, 0.25) is 0 Å². The van der Waals surface area contributed by atoms with Crippen LogP contribution in [0.1, 0.15) is 0 Å². The highest BCUT2D eigenvalue weighted by Crippen LogP contribution is 2.41. The molecule has 48 heavy (non-hydrogen) atoms. The Hall–Kier alpha value is -6.52. The predicted octanol–water partition coefficient (Wildman–Crippen LogP) is 11.1. The smallest absolute Gasteiger partial charge is 0.0780 e. The minimum absolute atomic E-state index is 0.907. The van der Waals surface area contributed by atoms with Crippen LogP contribution in [0.5, 0.6) is 0 Å². The van der Waals surface area contributed by atoms with Crippen molar-refractivity contribution in [1.82, 2.24) is 19.9 Å². The molecule has 9 rings (SSSR count). The molecule has 4 heterocycles. The second-order valence-corrected chi connectivity index (χ2v) is 11.9. The van der Waals surface area contributed by atoms with Crippen LogP contribution < -0.4 is 0 Å². The molecule has 0 saturated heterocycles. The van der Waals surface area contributed by atoms with Gasteiger partial charge in [0.2, 0.25) is 0 Å².